The number of hydrogen-bond acceptors (Lipinski definition) is 2. The van der Waals surface area contributed by atoms with Gasteiger partial charge in [-0.25, -0.2) is 13.0 Å². The van der Waals surface area contributed by atoms with Crippen molar-refractivity contribution in [2.24, 2.45) is 0 Å². The lowest BCUT2D eigenvalue weighted by molar-refractivity contribution is -0.114. The molecule has 1 atom stereocenters. The van der Waals surface area contributed by atoms with Crippen molar-refractivity contribution in [3.63, 3.8) is 0 Å². The van der Waals surface area contributed by atoms with Gasteiger partial charge in [0.1, 0.15) is 15.7 Å². The second-order valence-corrected chi connectivity index (χ2v) is 4.08. The van der Waals surface area contributed by atoms with Gasteiger partial charge in [-0.1, -0.05) is 11.6 Å². The number of amides is 1. The molecule has 16 heavy (non-hydrogen) atoms. The highest BCUT2D eigenvalue weighted by Gasteiger charge is 2.21. The van der Waals surface area contributed by atoms with Gasteiger partial charge in [0.25, 0.3) is 0 Å². The standard InChI is InChI=1S/C8H6ClF2NO3S/c1-3(13)12-5-2-4(10)8(16(14)15)7(11)6(5)9/h2H,1H3,(H,12,13)(H,14,15). The van der Waals surface area contributed by atoms with Crippen LogP contribution < -0.4 is 5.32 Å². The maximum atomic E-state index is 13.3. The molecule has 0 heterocycles. The summed E-state index contributed by atoms with van der Waals surface area (Å²) in [4.78, 5) is 9.64. The number of benzene rings is 1. The van der Waals surface area contributed by atoms with Gasteiger partial charge in [0, 0.05) is 13.0 Å². The van der Waals surface area contributed by atoms with Crippen LogP contribution in [0.3, 0.4) is 0 Å². The fourth-order valence-corrected chi connectivity index (χ4v) is 1.75. The van der Waals surface area contributed by atoms with E-state index in [4.69, 9.17) is 16.2 Å². The van der Waals surface area contributed by atoms with E-state index < -0.39 is 38.5 Å². The van der Waals surface area contributed by atoms with Crippen LogP contribution in [0.1, 0.15) is 6.92 Å². The molecule has 8 heteroatoms. The zero-order chi connectivity index (χ0) is 12.5. The molecule has 1 aromatic rings. The molecule has 0 fully saturated rings. The van der Waals surface area contributed by atoms with E-state index in [0.29, 0.717) is 6.07 Å². The van der Waals surface area contributed by atoms with Gasteiger partial charge in [0.05, 0.1) is 5.69 Å². The van der Waals surface area contributed by atoms with Crippen LogP contribution in [0, 0.1) is 11.6 Å². The monoisotopic (exact) mass is 269 g/mol. The highest BCUT2D eigenvalue weighted by molar-refractivity contribution is 7.79. The molecule has 0 aliphatic carbocycles. The first-order chi connectivity index (χ1) is 7.34. The fraction of sp³-hybridized carbons (Fsp3) is 0.125. The maximum absolute atomic E-state index is 13.3. The number of halogens is 3. The van der Waals surface area contributed by atoms with E-state index in [1.165, 1.54) is 0 Å². The SMILES string of the molecule is CC(=O)Nc1cc(F)c(S(=O)O)c(F)c1Cl. The van der Waals surface area contributed by atoms with Gasteiger partial charge in [-0.2, -0.15) is 0 Å². The Kier molecular flexibility index (Phi) is 3.95. The summed E-state index contributed by atoms with van der Waals surface area (Å²) in [6.07, 6.45) is 0. The summed E-state index contributed by atoms with van der Waals surface area (Å²) in [5, 5.41) is 1.47. The van der Waals surface area contributed by atoms with Gasteiger partial charge >= 0.3 is 0 Å². The molecular weight excluding hydrogens is 264 g/mol. The van der Waals surface area contributed by atoms with Crippen LogP contribution in [0.4, 0.5) is 14.5 Å². The molecule has 0 saturated heterocycles. The van der Waals surface area contributed by atoms with Crippen LogP contribution in [0.5, 0.6) is 0 Å². The van der Waals surface area contributed by atoms with Crippen molar-refractivity contribution in [1.82, 2.24) is 0 Å². The predicted molar refractivity (Wildman–Crippen MR) is 54.7 cm³/mol. The number of nitrogens with one attached hydrogen (secondary N) is 1. The first kappa shape index (κ1) is 13.0. The Morgan fingerprint density at radius 2 is 2.12 bits per heavy atom. The van der Waals surface area contributed by atoms with E-state index in [0.717, 1.165) is 6.92 Å². The third-order valence-electron chi connectivity index (χ3n) is 1.60. The molecule has 0 aromatic heterocycles. The Morgan fingerprint density at radius 1 is 1.56 bits per heavy atom. The van der Waals surface area contributed by atoms with Crippen molar-refractivity contribution < 1.29 is 22.3 Å². The normalized spacial score (nSPS) is 12.3. The van der Waals surface area contributed by atoms with Crippen molar-refractivity contribution in [2.45, 2.75) is 11.8 Å². The Morgan fingerprint density at radius 3 is 2.56 bits per heavy atom. The van der Waals surface area contributed by atoms with Crippen molar-refractivity contribution in [3.8, 4) is 0 Å². The van der Waals surface area contributed by atoms with Gasteiger partial charge in [0.15, 0.2) is 16.9 Å². The van der Waals surface area contributed by atoms with Crippen LogP contribution in [0.2, 0.25) is 5.02 Å². The van der Waals surface area contributed by atoms with Crippen molar-refractivity contribution in [3.05, 3.63) is 22.7 Å². The molecular formula is C8H6ClF2NO3S. The van der Waals surface area contributed by atoms with Gasteiger partial charge in [0.2, 0.25) is 5.91 Å². The third kappa shape index (κ3) is 2.55. The largest absolute Gasteiger partial charge is 0.325 e. The van der Waals surface area contributed by atoms with E-state index in [2.05, 4.69) is 5.32 Å². The first-order valence-electron chi connectivity index (χ1n) is 3.90. The Labute approximate surface area is 96.9 Å². The molecule has 1 rings (SSSR count). The van der Waals surface area contributed by atoms with Gasteiger partial charge < -0.3 is 9.87 Å². The fourth-order valence-electron chi connectivity index (χ4n) is 1.02. The summed E-state index contributed by atoms with van der Waals surface area (Å²) in [5.41, 5.74) is -0.293. The van der Waals surface area contributed by atoms with Crippen molar-refractivity contribution in [1.29, 1.82) is 0 Å². The number of rotatable bonds is 2. The van der Waals surface area contributed by atoms with Crippen LogP contribution in [-0.2, 0) is 15.9 Å². The topological polar surface area (TPSA) is 66.4 Å². The van der Waals surface area contributed by atoms with Crippen LogP contribution in [0.25, 0.3) is 0 Å². The van der Waals surface area contributed by atoms with E-state index in [1.54, 1.807) is 0 Å². The predicted octanol–water partition coefficient (Wildman–Crippen LogP) is 2.16. The van der Waals surface area contributed by atoms with Gasteiger partial charge in [-0.05, 0) is 0 Å². The zero-order valence-corrected chi connectivity index (χ0v) is 9.46. The lowest BCUT2D eigenvalue weighted by Gasteiger charge is -2.08. The summed E-state index contributed by atoms with van der Waals surface area (Å²) in [7, 11) is 0. The van der Waals surface area contributed by atoms with Crippen molar-refractivity contribution in [2.75, 3.05) is 5.32 Å². The minimum atomic E-state index is -2.83. The highest BCUT2D eigenvalue weighted by atomic mass is 35.5. The molecule has 4 nitrogen and oxygen atoms in total. The molecule has 1 amide bonds. The molecule has 2 N–H and O–H groups in total. The summed E-state index contributed by atoms with van der Waals surface area (Å²) in [6.45, 7) is 1.13. The van der Waals surface area contributed by atoms with Crippen LogP contribution in [0.15, 0.2) is 11.0 Å². The molecule has 0 spiro atoms. The number of carbonyl (C=O) groups is 1. The summed E-state index contributed by atoms with van der Waals surface area (Å²) >= 11 is 2.63. The van der Waals surface area contributed by atoms with Crippen LogP contribution >= 0.6 is 11.6 Å². The Hall–Kier alpha value is -1.05. The Balaban J connectivity index is 3.39. The molecule has 0 aliphatic heterocycles. The van der Waals surface area contributed by atoms with E-state index in [9.17, 15) is 17.8 Å². The minimum Gasteiger partial charge on any atom is -0.325 e. The zero-order valence-electron chi connectivity index (χ0n) is 7.88. The maximum Gasteiger partial charge on any atom is 0.221 e. The third-order valence-corrected chi connectivity index (χ3v) is 2.69. The highest BCUT2D eigenvalue weighted by Crippen LogP contribution is 2.31. The molecule has 88 valence electrons. The summed E-state index contributed by atoms with van der Waals surface area (Å²) in [5.74, 6) is -3.20. The molecule has 1 aromatic carbocycles. The average molecular weight is 270 g/mol. The van der Waals surface area contributed by atoms with E-state index in [1.807, 2.05) is 0 Å². The smallest absolute Gasteiger partial charge is 0.221 e. The average Bonchev–Trinajstić information content (AvgIpc) is 2.12. The minimum absolute atomic E-state index is 0.293. The molecule has 1 unspecified atom stereocenters. The van der Waals surface area contributed by atoms with E-state index >= 15 is 0 Å². The lowest BCUT2D eigenvalue weighted by atomic mass is 10.3. The van der Waals surface area contributed by atoms with Crippen LogP contribution in [-0.4, -0.2) is 14.7 Å². The lowest BCUT2D eigenvalue weighted by Crippen LogP contribution is -2.09. The number of hydrogen-bond donors (Lipinski definition) is 2. The summed E-state index contributed by atoms with van der Waals surface area (Å²) in [6, 6.07) is 0.677. The Bertz CT molecular complexity index is 481. The number of carbonyl (C=O) groups excluding carboxylic acids is 1. The summed E-state index contributed by atoms with van der Waals surface area (Å²) < 4.78 is 45.8. The molecule has 0 radical (unpaired) electrons. The van der Waals surface area contributed by atoms with Gasteiger partial charge in [-0.15, -0.1) is 0 Å². The second kappa shape index (κ2) is 4.86. The molecule has 0 saturated carbocycles. The quantitative estimate of drug-likeness (QED) is 0.639. The van der Waals surface area contributed by atoms with Gasteiger partial charge in [-0.3, -0.25) is 4.79 Å². The van der Waals surface area contributed by atoms with E-state index in [-0.39, 0.29) is 5.69 Å². The van der Waals surface area contributed by atoms with Crippen molar-refractivity contribution >= 4 is 34.3 Å². The first-order valence-corrected chi connectivity index (χ1v) is 5.39. The molecule has 0 bridgehead atoms. The second-order valence-electron chi connectivity index (χ2n) is 2.79. The number of anilines is 1. The molecule has 0 aliphatic rings.